The standard InChI is InChI=1S/C17H21NO4/c1-18-12-8-9-13(18)15(17(20)21-2)14(10-12)22-16(19)11-6-4-3-5-7-11/h3-7,12-15H,8-10H2,1-2H3/i1D2. The van der Waals surface area contributed by atoms with E-state index in [2.05, 4.69) is 0 Å². The van der Waals surface area contributed by atoms with Crippen LogP contribution < -0.4 is 0 Å². The fourth-order valence-corrected chi connectivity index (χ4v) is 3.55. The molecule has 0 amide bonds. The van der Waals surface area contributed by atoms with Crippen molar-refractivity contribution in [3.05, 3.63) is 35.9 Å². The molecule has 5 nitrogen and oxygen atoms in total. The number of hydrogen-bond donors (Lipinski definition) is 0. The maximum atomic E-state index is 12.4. The molecule has 2 fully saturated rings. The van der Waals surface area contributed by atoms with E-state index in [4.69, 9.17) is 12.2 Å². The van der Waals surface area contributed by atoms with Crippen LogP contribution in [0.5, 0.6) is 0 Å². The lowest BCUT2D eigenvalue weighted by Gasteiger charge is -2.40. The molecule has 1 aromatic rings. The molecule has 2 bridgehead atoms. The van der Waals surface area contributed by atoms with Crippen molar-refractivity contribution in [3.63, 3.8) is 0 Å². The van der Waals surface area contributed by atoms with Gasteiger partial charge in [-0.3, -0.25) is 9.69 Å². The summed E-state index contributed by atoms with van der Waals surface area (Å²) in [5.41, 5.74) is 0.440. The number of carbonyl (C=O) groups excluding carboxylic acids is 2. The quantitative estimate of drug-likeness (QED) is 0.798. The molecular formula is C17H21NO4. The normalized spacial score (nSPS) is 32.3. The van der Waals surface area contributed by atoms with Crippen LogP contribution in [0.25, 0.3) is 0 Å². The first-order chi connectivity index (χ1) is 11.5. The van der Waals surface area contributed by atoms with Crippen molar-refractivity contribution in [2.75, 3.05) is 14.1 Å². The fourth-order valence-electron chi connectivity index (χ4n) is 3.55. The number of nitrogens with zero attached hydrogens (tertiary/aromatic N) is 1. The first-order valence-electron chi connectivity index (χ1n) is 8.64. The molecule has 2 heterocycles. The maximum Gasteiger partial charge on any atom is 0.338 e. The highest BCUT2D eigenvalue weighted by Gasteiger charge is 2.50. The zero-order valence-electron chi connectivity index (χ0n) is 14.5. The number of rotatable bonds is 3. The third-order valence-electron chi connectivity index (χ3n) is 4.66. The molecule has 2 saturated heterocycles. The van der Waals surface area contributed by atoms with Crippen LogP contribution in [0.4, 0.5) is 0 Å². The molecule has 4 unspecified atom stereocenters. The van der Waals surface area contributed by atoms with E-state index in [9.17, 15) is 9.59 Å². The Kier molecular flexibility index (Phi) is 3.50. The van der Waals surface area contributed by atoms with Crippen LogP contribution in [0.1, 0.15) is 32.4 Å². The average molecular weight is 305 g/mol. The van der Waals surface area contributed by atoms with Gasteiger partial charge in [-0.25, -0.2) is 4.79 Å². The Hall–Kier alpha value is -1.88. The number of piperidine rings is 1. The van der Waals surface area contributed by atoms with E-state index < -0.39 is 31.0 Å². The van der Waals surface area contributed by atoms with Crippen LogP contribution in [0.3, 0.4) is 0 Å². The lowest BCUT2D eigenvalue weighted by atomic mass is 9.87. The third kappa shape index (κ3) is 2.61. The molecule has 0 saturated carbocycles. The second-order valence-electron chi connectivity index (χ2n) is 5.84. The van der Waals surface area contributed by atoms with E-state index in [0.717, 1.165) is 6.42 Å². The van der Waals surface area contributed by atoms with Gasteiger partial charge in [-0.15, -0.1) is 0 Å². The topological polar surface area (TPSA) is 55.8 Å². The minimum Gasteiger partial charge on any atom is -0.469 e. The molecule has 1 aromatic carbocycles. The molecule has 0 N–H and O–H groups in total. The largest absolute Gasteiger partial charge is 0.469 e. The number of esters is 2. The molecule has 0 aliphatic carbocycles. The van der Waals surface area contributed by atoms with Crippen LogP contribution in [0, 0.1) is 5.92 Å². The number of benzene rings is 1. The lowest BCUT2D eigenvalue weighted by Crippen LogP contribution is -2.53. The number of carbonyl (C=O) groups is 2. The van der Waals surface area contributed by atoms with Crippen LogP contribution in [0.2, 0.25) is 0 Å². The van der Waals surface area contributed by atoms with Gasteiger partial charge >= 0.3 is 11.9 Å². The molecule has 5 heteroatoms. The van der Waals surface area contributed by atoms with E-state index >= 15 is 0 Å². The summed E-state index contributed by atoms with van der Waals surface area (Å²) in [6, 6.07) is 8.37. The highest BCUT2D eigenvalue weighted by Crippen LogP contribution is 2.40. The van der Waals surface area contributed by atoms with E-state index in [1.165, 1.54) is 7.11 Å². The molecule has 0 spiro atoms. The van der Waals surface area contributed by atoms with E-state index in [1.54, 1.807) is 29.2 Å². The van der Waals surface area contributed by atoms with Gasteiger partial charge in [-0.05, 0) is 32.0 Å². The van der Waals surface area contributed by atoms with Crippen LogP contribution in [0.15, 0.2) is 30.3 Å². The van der Waals surface area contributed by atoms with E-state index in [0.29, 0.717) is 18.4 Å². The summed E-state index contributed by atoms with van der Waals surface area (Å²) < 4.78 is 26.0. The van der Waals surface area contributed by atoms with Gasteiger partial charge in [0.25, 0.3) is 0 Å². The first-order valence-corrected chi connectivity index (χ1v) is 7.48. The van der Waals surface area contributed by atoms with Gasteiger partial charge in [0.05, 0.1) is 12.7 Å². The first kappa shape index (κ1) is 12.6. The Morgan fingerprint density at radius 2 is 2.05 bits per heavy atom. The Morgan fingerprint density at radius 3 is 2.73 bits per heavy atom. The summed E-state index contributed by atoms with van der Waals surface area (Å²) in [6.45, 7) is -1.14. The van der Waals surface area contributed by atoms with Crippen molar-refractivity contribution >= 4 is 11.9 Å². The number of hydrogen-bond acceptors (Lipinski definition) is 5. The van der Waals surface area contributed by atoms with Crippen LogP contribution >= 0.6 is 0 Å². The predicted molar refractivity (Wildman–Crippen MR) is 80.3 cm³/mol. The van der Waals surface area contributed by atoms with Gasteiger partial charge < -0.3 is 9.47 Å². The summed E-state index contributed by atoms with van der Waals surface area (Å²) in [4.78, 5) is 26.4. The number of fused-ring (bicyclic) bond motifs is 2. The Balaban J connectivity index is 1.82. The summed E-state index contributed by atoms with van der Waals surface area (Å²) in [7, 11) is 1.31. The van der Waals surface area contributed by atoms with Crippen molar-refractivity contribution in [1.82, 2.24) is 4.90 Å². The highest BCUT2D eigenvalue weighted by molar-refractivity contribution is 5.89. The zero-order valence-corrected chi connectivity index (χ0v) is 12.5. The molecule has 0 aromatic heterocycles. The summed E-state index contributed by atoms with van der Waals surface area (Å²) in [5, 5.41) is 0. The van der Waals surface area contributed by atoms with Gasteiger partial charge in [0.1, 0.15) is 12.0 Å². The molecule has 2 aliphatic heterocycles. The fraction of sp³-hybridized carbons (Fsp3) is 0.529. The number of ether oxygens (including phenoxy) is 2. The molecule has 118 valence electrons. The van der Waals surface area contributed by atoms with Gasteiger partial charge in [0, 0.05) is 21.2 Å². The molecule has 0 radical (unpaired) electrons. The monoisotopic (exact) mass is 305 g/mol. The second-order valence-corrected chi connectivity index (χ2v) is 5.84. The maximum absolute atomic E-state index is 12.4. The predicted octanol–water partition coefficient (Wildman–Crippen LogP) is 1.87. The summed E-state index contributed by atoms with van der Waals surface area (Å²) in [6.07, 6.45) is 1.37. The van der Waals surface area contributed by atoms with Crippen molar-refractivity contribution < 1.29 is 21.8 Å². The van der Waals surface area contributed by atoms with Gasteiger partial charge in [0.15, 0.2) is 0 Å². The smallest absolute Gasteiger partial charge is 0.338 e. The van der Waals surface area contributed by atoms with E-state index in [1.807, 2.05) is 6.07 Å². The zero-order chi connectivity index (χ0) is 17.3. The highest BCUT2D eigenvalue weighted by atomic mass is 16.6. The molecular weight excluding hydrogens is 282 g/mol. The molecule has 22 heavy (non-hydrogen) atoms. The van der Waals surface area contributed by atoms with Crippen LogP contribution in [-0.2, 0) is 14.3 Å². The van der Waals surface area contributed by atoms with Crippen LogP contribution in [-0.4, -0.2) is 49.1 Å². The Labute approximate surface area is 133 Å². The van der Waals surface area contributed by atoms with Crippen molar-refractivity contribution in [2.45, 2.75) is 37.5 Å². The van der Waals surface area contributed by atoms with Crippen molar-refractivity contribution in [3.8, 4) is 0 Å². The van der Waals surface area contributed by atoms with E-state index in [-0.39, 0.29) is 12.1 Å². The second kappa shape index (κ2) is 6.08. The SMILES string of the molecule is [2H]C([2H])N1C2CCC1C(C(=O)OC)C(OC(=O)c1ccccc1)C2. The van der Waals surface area contributed by atoms with Gasteiger partial charge in [-0.2, -0.15) is 0 Å². The minimum absolute atomic E-state index is 0.00974. The molecule has 4 atom stereocenters. The lowest BCUT2D eigenvalue weighted by molar-refractivity contribution is -0.156. The molecule has 3 rings (SSSR count). The van der Waals surface area contributed by atoms with Crippen molar-refractivity contribution in [1.29, 1.82) is 0 Å². The summed E-state index contributed by atoms with van der Waals surface area (Å²) >= 11 is 0. The van der Waals surface area contributed by atoms with Crippen molar-refractivity contribution in [2.24, 2.45) is 5.92 Å². The Bertz CT molecular complexity index is 610. The average Bonchev–Trinajstić information content (AvgIpc) is 2.90. The van der Waals surface area contributed by atoms with Gasteiger partial charge in [0.2, 0.25) is 0 Å². The minimum atomic E-state index is -1.14. The molecule has 2 aliphatic rings. The Morgan fingerprint density at radius 1 is 1.27 bits per heavy atom. The third-order valence-corrected chi connectivity index (χ3v) is 4.66. The summed E-state index contributed by atoms with van der Waals surface area (Å²) in [5.74, 6) is -1.56. The van der Waals surface area contributed by atoms with Gasteiger partial charge in [-0.1, -0.05) is 18.2 Å². The number of methoxy groups -OCH3 is 1.